The predicted octanol–water partition coefficient (Wildman–Crippen LogP) is 2.51. The third kappa shape index (κ3) is 4.16. The van der Waals surface area contributed by atoms with Crippen LogP contribution in [0.25, 0.3) is 0 Å². The van der Waals surface area contributed by atoms with Crippen LogP contribution in [0, 0.1) is 0 Å². The number of rotatable bonds is 5. The molecular weight excluding hydrogens is 296 g/mol. The van der Waals surface area contributed by atoms with E-state index in [0.717, 1.165) is 43.3 Å². The van der Waals surface area contributed by atoms with Crippen LogP contribution >= 0.6 is 11.3 Å². The van der Waals surface area contributed by atoms with Crippen LogP contribution in [-0.4, -0.2) is 37.1 Å². The molecule has 0 spiro atoms. The molecule has 1 aromatic carbocycles. The molecule has 1 aliphatic heterocycles. The second kappa shape index (κ2) is 7.54. The van der Waals surface area contributed by atoms with E-state index in [4.69, 9.17) is 4.74 Å². The molecule has 4 nitrogen and oxygen atoms in total. The van der Waals surface area contributed by atoms with E-state index in [1.165, 1.54) is 16.9 Å². The van der Waals surface area contributed by atoms with Crippen molar-refractivity contribution in [3.8, 4) is 0 Å². The maximum absolute atomic E-state index is 11.9. The van der Waals surface area contributed by atoms with Gasteiger partial charge in [0.1, 0.15) is 0 Å². The quantitative estimate of drug-likeness (QED) is 0.921. The molecule has 2 heterocycles. The highest BCUT2D eigenvalue weighted by Crippen LogP contribution is 2.11. The molecule has 0 bridgehead atoms. The van der Waals surface area contributed by atoms with Crippen molar-refractivity contribution in [1.82, 2.24) is 10.2 Å². The van der Waals surface area contributed by atoms with E-state index < -0.39 is 0 Å². The van der Waals surface area contributed by atoms with Crippen LogP contribution in [0.3, 0.4) is 0 Å². The van der Waals surface area contributed by atoms with Gasteiger partial charge in [-0.1, -0.05) is 30.3 Å². The largest absolute Gasteiger partial charge is 0.379 e. The van der Waals surface area contributed by atoms with Gasteiger partial charge in [0.2, 0.25) is 0 Å². The van der Waals surface area contributed by atoms with Crippen molar-refractivity contribution >= 4 is 17.2 Å². The van der Waals surface area contributed by atoms with E-state index in [2.05, 4.69) is 34.5 Å². The molecule has 1 aliphatic rings. The zero-order chi connectivity index (χ0) is 15.2. The second-order valence-electron chi connectivity index (χ2n) is 5.36. The van der Waals surface area contributed by atoms with Crippen LogP contribution in [0.1, 0.15) is 20.8 Å². The van der Waals surface area contributed by atoms with E-state index in [1.54, 1.807) is 0 Å². The summed E-state index contributed by atoms with van der Waals surface area (Å²) in [6, 6.07) is 12.2. The Morgan fingerprint density at radius 3 is 2.55 bits per heavy atom. The van der Waals surface area contributed by atoms with Gasteiger partial charge in [-0.15, -0.1) is 11.3 Å². The number of morpholine rings is 1. The number of nitrogens with zero attached hydrogens (tertiary/aromatic N) is 1. The molecule has 116 valence electrons. The zero-order valence-corrected chi connectivity index (χ0v) is 13.3. The molecular formula is C17H20N2O2S. The summed E-state index contributed by atoms with van der Waals surface area (Å²) in [6.07, 6.45) is 0. The van der Waals surface area contributed by atoms with Gasteiger partial charge in [-0.2, -0.15) is 0 Å². The molecule has 3 rings (SSSR count). The van der Waals surface area contributed by atoms with Gasteiger partial charge in [0.05, 0.1) is 18.1 Å². The number of hydrogen-bond donors (Lipinski definition) is 1. The van der Waals surface area contributed by atoms with E-state index in [0.29, 0.717) is 6.54 Å². The van der Waals surface area contributed by atoms with Crippen molar-refractivity contribution in [2.24, 2.45) is 0 Å². The molecule has 0 atom stereocenters. The minimum atomic E-state index is -0.00704. The van der Waals surface area contributed by atoms with Crippen molar-refractivity contribution in [3.63, 3.8) is 0 Å². The number of carbonyl (C=O) groups excluding carboxylic acids is 1. The van der Waals surface area contributed by atoms with Crippen molar-refractivity contribution in [2.75, 3.05) is 26.3 Å². The number of ether oxygens (including phenoxy) is 1. The van der Waals surface area contributed by atoms with Crippen LogP contribution in [0.4, 0.5) is 0 Å². The average Bonchev–Trinajstić information content (AvgIpc) is 3.09. The molecule has 0 radical (unpaired) electrons. The summed E-state index contributed by atoms with van der Waals surface area (Å²) in [7, 11) is 0. The first kappa shape index (κ1) is 15.2. The maximum atomic E-state index is 11.9. The highest BCUT2D eigenvalue weighted by Gasteiger charge is 2.10. The Morgan fingerprint density at radius 2 is 1.86 bits per heavy atom. The summed E-state index contributed by atoms with van der Waals surface area (Å²) in [5, 5.41) is 4.86. The number of thiophene rings is 1. The molecule has 0 saturated carbocycles. The van der Waals surface area contributed by atoms with Crippen molar-refractivity contribution in [2.45, 2.75) is 13.1 Å². The Labute approximate surface area is 134 Å². The highest BCUT2D eigenvalue weighted by molar-refractivity contribution is 7.12. The fraction of sp³-hybridized carbons (Fsp3) is 0.353. The average molecular weight is 316 g/mol. The monoisotopic (exact) mass is 316 g/mol. The van der Waals surface area contributed by atoms with E-state index in [-0.39, 0.29) is 5.91 Å². The molecule has 1 saturated heterocycles. The summed E-state index contributed by atoms with van der Waals surface area (Å²) in [5.41, 5.74) is 2.42. The van der Waals surface area contributed by atoms with Crippen LogP contribution in [0.15, 0.2) is 41.8 Å². The van der Waals surface area contributed by atoms with Crippen molar-refractivity contribution in [1.29, 1.82) is 0 Å². The number of nitrogens with one attached hydrogen (secondary N) is 1. The minimum Gasteiger partial charge on any atom is -0.379 e. The Bertz CT molecular complexity index is 590. The van der Waals surface area contributed by atoms with Crippen LogP contribution in [0.2, 0.25) is 0 Å². The Hall–Kier alpha value is -1.69. The SMILES string of the molecule is O=C(NCc1ccc(CN2CCOCC2)cc1)c1cccs1. The number of hydrogen-bond acceptors (Lipinski definition) is 4. The van der Waals surface area contributed by atoms with Gasteiger partial charge >= 0.3 is 0 Å². The van der Waals surface area contributed by atoms with E-state index in [1.807, 2.05) is 17.5 Å². The van der Waals surface area contributed by atoms with Gasteiger partial charge < -0.3 is 10.1 Å². The zero-order valence-electron chi connectivity index (χ0n) is 12.5. The Kier molecular flexibility index (Phi) is 5.21. The Morgan fingerprint density at radius 1 is 1.14 bits per heavy atom. The topological polar surface area (TPSA) is 41.6 Å². The fourth-order valence-corrected chi connectivity index (χ4v) is 3.10. The summed E-state index contributed by atoms with van der Waals surface area (Å²) in [6.45, 7) is 5.18. The molecule has 1 N–H and O–H groups in total. The highest BCUT2D eigenvalue weighted by atomic mass is 32.1. The van der Waals surface area contributed by atoms with Crippen LogP contribution in [0.5, 0.6) is 0 Å². The van der Waals surface area contributed by atoms with E-state index >= 15 is 0 Å². The predicted molar refractivity (Wildman–Crippen MR) is 88.0 cm³/mol. The van der Waals surface area contributed by atoms with E-state index in [9.17, 15) is 4.79 Å². The first-order chi connectivity index (χ1) is 10.8. The van der Waals surface area contributed by atoms with Gasteiger partial charge in [0.25, 0.3) is 5.91 Å². The molecule has 2 aromatic rings. The first-order valence-corrected chi connectivity index (χ1v) is 8.39. The van der Waals surface area contributed by atoms with Gasteiger partial charge in [-0.05, 0) is 22.6 Å². The number of benzene rings is 1. The minimum absolute atomic E-state index is 0.00704. The summed E-state index contributed by atoms with van der Waals surface area (Å²) in [4.78, 5) is 15.0. The summed E-state index contributed by atoms with van der Waals surface area (Å²) < 4.78 is 5.36. The number of amides is 1. The lowest BCUT2D eigenvalue weighted by molar-refractivity contribution is 0.0342. The van der Waals surface area contributed by atoms with Crippen molar-refractivity contribution < 1.29 is 9.53 Å². The normalized spacial score (nSPS) is 15.6. The molecule has 1 fully saturated rings. The third-order valence-electron chi connectivity index (χ3n) is 3.73. The summed E-state index contributed by atoms with van der Waals surface area (Å²) in [5.74, 6) is -0.00704. The molecule has 0 aliphatic carbocycles. The third-order valence-corrected chi connectivity index (χ3v) is 4.60. The van der Waals surface area contributed by atoms with Gasteiger partial charge in [0.15, 0.2) is 0 Å². The smallest absolute Gasteiger partial charge is 0.261 e. The van der Waals surface area contributed by atoms with Crippen molar-refractivity contribution in [3.05, 3.63) is 57.8 Å². The molecule has 1 aromatic heterocycles. The standard InChI is InChI=1S/C17H20N2O2S/c20-17(16-2-1-11-22-16)18-12-14-3-5-15(6-4-14)13-19-7-9-21-10-8-19/h1-6,11H,7-10,12-13H2,(H,18,20). The van der Waals surface area contributed by atoms with Gasteiger partial charge in [-0.3, -0.25) is 9.69 Å². The molecule has 22 heavy (non-hydrogen) atoms. The maximum Gasteiger partial charge on any atom is 0.261 e. The fourth-order valence-electron chi connectivity index (χ4n) is 2.46. The number of carbonyl (C=O) groups is 1. The molecule has 5 heteroatoms. The first-order valence-electron chi connectivity index (χ1n) is 7.51. The molecule has 0 unspecified atom stereocenters. The second-order valence-corrected chi connectivity index (χ2v) is 6.31. The lowest BCUT2D eigenvalue weighted by Gasteiger charge is -2.26. The van der Waals surface area contributed by atoms with Crippen LogP contribution < -0.4 is 5.32 Å². The van der Waals surface area contributed by atoms with Gasteiger partial charge in [0, 0.05) is 26.2 Å². The Balaban J connectivity index is 1.49. The lowest BCUT2D eigenvalue weighted by atomic mass is 10.1. The lowest BCUT2D eigenvalue weighted by Crippen LogP contribution is -2.35. The van der Waals surface area contributed by atoms with Gasteiger partial charge in [-0.25, -0.2) is 0 Å². The molecule has 1 amide bonds. The summed E-state index contributed by atoms with van der Waals surface area (Å²) >= 11 is 1.46. The van der Waals surface area contributed by atoms with Crippen LogP contribution in [-0.2, 0) is 17.8 Å².